The highest BCUT2D eigenvalue weighted by Gasteiger charge is 2.21. The second-order valence-electron chi connectivity index (χ2n) is 4.54. The summed E-state index contributed by atoms with van der Waals surface area (Å²) in [7, 11) is 1.94. The third kappa shape index (κ3) is 2.35. The van der Waals surface area contributed by atoms with Crippen LogP contribution < -0.4 is 0 Å². The van der Waals surface area contributed by atoms with Crippen LogP contribution in [0, 0.1) is 4.77 Å². The molecule has 2 rings (SSSR count). The van der Waals surface area contributed by atoms with Crippen LogP contribution in [-0.4, -0.2) is 31.8 Å². The average Bonchev–Trinajstić information content (AvgIpc) is 2.62. The second-order valence-corrected chi connectivity index (χ2v) is 4.90. The Kier molecular flexibility index (Phi) is 3.76. The Morgan fingerprint density at radius 2 is 2.31 bits per heavy atom. The van der Waals surface area contributed by atoms with Crippen molar-refractivity contribution in [3.05, 3.63) is 11.1 Å². The molecule has 1 fully saturated rings. The maximum Gasteiger partial charge on any atom is 0.198 e. The molecule has 5 heteroatoms. The smallest absolute Gasteiger partial charge is 0.198 e. The van der Waals surface area contributed by atoms with Crippen LogP contribution in [0.2, 0.25) is 0 Å². The van der Waals surface area contributed by atoms with Gasteiger partial charge in [0, 0.05) is 19.6 Å². The Hall–Kier alpha value is -0.680. The minimum Gasteiger partial charge on any atom is -0.310 e. The maximum atomic E-state index is 5.31. The van der Waals surface area contributed by atoms with Crippen LogP contribution >= 0.6 is 12.2 Å². The van der Waals surface area contributed by atoms with E-state index in [-0.39, 0.29) is 0 Å². The van der Waals surface area contributed by atoms with Gasteiger partial charge in [-0.1, -0.05) is 13.3 Å². The van der Waals surface area contributed by atoms with E-state index in [9.17, 15) is 0 Å². The van der Waals surface area contributed by atoms with Gasteiger partial charge in [-0.15, -0.1) is 0 Å². The van der Waals surface area contributed by atoms with Gasteiger partial charge in [-0.25, -0.2) is 4.68 Å². The number of aromatic nitrogens is 3. The normalized spacial score (nSPS) is 22.5. The lowest BCUT2D eigenvalue weighted by Crippen LogP contribution is -2.40. The first-order valence-electron chi connectivity index (χ1n) is 6.05. The summed E-state index contributed by atoms with van der Waals surface area (Å²) in [4.78, 5) is 2.51. The number of hydrogen-bond donors (Lipinski definition) is 0. The van der Waals surface area contributed by atoms with Crippen molar-refractivity contribution in [3.8, 4) is 0 Å². The summed E-state index contributed by atoms with van der Waals surface area (Å²) in [6.45, 7) is 4.29. The van der Waals surface area contributed by atoms with E-state index in [0.717, 1.165) is 11.4 Å². The molecule has 0 aliphatic carbocycles. The zero-order valence-electron chi connectivity index (χ0n) is 10.1. The second kappa shape index (κ2) is 5.10. The van der Waals surface area contributed by atoms with Crippen LogP contribution in [0.3, 0.4) is 0 Å². The molecule has 1 aromatic heterocycles. The first-order chi connectivity index (χ1) is 7.72. The summed E-state index contributed by atoms with van der Waals surface area (Å²) in [6.07, 6.45) is 6.99. The number of piperidine rings is 1. The van der Waals surface area contributed by atoms with Crippen molar-refractivity contribution in [2.45, 2.75) is 45.3 Å². The van der Waals surface area contributed by atoms with Gasteiger partial charge in [0.2, 0.25) is 0 Å². The third-order valence-electron chi connectivity index (χ3n) is 3.42. The van der Waals surface area contributed by atoms with Crippen molar-refractivity contribution >= 4 is 12.2 Å². The predicted molar refractivity (Wildman–Crippen MR) is 66.7 cm³/mol. The molecule has 0 bridgehead atoms. The van der Waals surface area contributed by atoms with Crippen LogP contribution in [0.1, 0.15) is 32.6 Å². The van der Waals surface area contributed by atoms with E-state index in [0.29, 0.717) is 6.04 Å². The maximum absolute atomic E-state index is 5.31. The molecule has 0 spiro atoms. The predicted octanol–water partition coefficient (Wildman–Crippen LogP) is 2.17. The molecule has 1 aliphatic rings. The molecular formula is C11H20N4S. The Morgan fingerprint density at radius 3 is 2.94 bits per heavy atom. The van der Waals surface area contributed by atoms with Crippen LogP contribution in [0.15, 0.2) is 6.33 Å². The number of likely N-dealkylation sites (tertiary alicyclic amines) is 1. The lowest BCUT2D eigenvalue weighted by Gasteiger charge is -2.34. The van der Waals surface area contributed by atoms with Crippen LogP contribution in [-0.2, 0) is 13.7 Å². The van der Waals surface area contributed by atoms with E-state index in [1.165, 1.54) is 32.2 Å². The molecule has 0 aromatic carbocycles. The minimum absolute atomic E-state index is 0.706. The molecular weight excluding hydrogens is 220 g/mol. The van der Waals surface area contributed by atoms with E-state index >= 15 is 0 Å². The first-order valence-corrected chi connectivity index (χ1v) is 6.45. The van der Waals surface area contributed by atoms with Crippen molar-refractivity contribution < 1.29 is 0 Å². The molecule has 0 saturated carbocycles. The Morgan fingerprint density at radius 1 is 1.50 bits per heavy atom. The quantitative estimate of drug-likeness (QED) is 0.757. The van der Waals surface area contributed by atoms with E-state index in [1.54, 1.807) is 6.33 Å². The lowest BCUT2D eigenvalue weighted by atomic mass is 10.0. The summed E-state index contributed by atoms with van der Waals surface area (Å²) < 4.78 is 4.62. The highest BCUT2D eigenvalue weighted by atomic mass is 32.1. The zero-order chi connectivity index (χ0) is 11.5. The van der Waals surface area contributed by atoms with Gasteiger partial charge >= 0.3 is 0 Å². The number of aryl methyl sites for hydroxylation is 1. The molecule has 90 valence electrons. The van der Waals surface area contributed by atoms with Crippen molar-refractivity contribution in [1.29, 1.82) is 0 Å². The Bertz CT molecular complexity index is 395. The fourth-order valence-electron chi connectivity index (χ4n) is 2.40. The molecule has 1 saturated heterocycles. The van der Waals surface area contributed by atoms with Crippen molar-refractivity contribution in [3.63, 3.8) is 0 Å². The number of hydrogen-bond acceptors (Lipinski definition) is 3. The minimum atomic E-state index is 0.706. The van der Waals surface area contributed by atoms with Gasteiger partial charge in [-0.2, -0.15) is 5.10 Å². The number of nitrogens with zero attached hydrogens (tertiary/aromatic N) is 4. The standard InChI is InChI=1S/C11H20N4S/c1-3-10-6-4-5-7-14(10)9-15-11(16)13(2)8-12-15/h8,10H,3-7,9H2,1-2H3. The van der Waals surface area contributed by atoms with E-state index in [4.69, 9.17) is 12.2 Å². The van der Waals surface area contributed by atoms with Gasteiger partial charge in [0.25, 0.3) is 0 Å². The highest BCUT2D eigenvalue weighted by Crippen LogP contribution is 2.19. The van der Waals surface area contributed by atoms with Gasteiger partial charge in [0.1, 0.15) is 6.33 Å². The fourth-order valence-corrected chi connectivity index (χ4v) is 2.55. The molecule has 16 heavy (non-hydrogen) atoms. The molecule has 2 heterocycles. The van der Waals surface area contributed by atoms with Gasteiger partial charge in [0.05, 0.1) is 6.67 Å². The first kappa shape index (κ1) is 11.8. The topological polar surface area (TPSA) is 26.0 Å². The molecule has 0 N–H and O–H groups in total. The van der Waals surface area contributed by atoms with Crippen LogP contribution in [0.5, 0.6) is 0 Å². The van der Waals surface area contributed by atoms with Gasteiger partial charge < -0.3 is 4.57 Å². The molecule has 0 radical (unpaired) electrons. The van der Waals surface area contributed by atoms with Gasteiger partial charge in [0.15, 0.2) is 4.77 Å². The zero-order valence-corrected chi connectivity index (χ0v) is 10.9. The van der Waals surface area contributed by atoms with Crippen LogP contribution in [0.4, 0.5) is 0 Å². The van der Waals surface area contributed by atoms with Crippen molar-refractivity contribution in [2.24, 2.45) is 7.05 Å². The Balaban J connectivity index is 2.08. The van der Waals surface area contributed by atoms with Gasteiger partial charge in [-0.05, 0) is 31.5 Å². The molecule has 0 amide bonds. The molecule has 1 atom stereocenters. The largest absolute Gasteiger partial charge is 0.310 e. The highest BCUT2D eigenvalue weighted by molar-refractivity contribution is 7.71. The Labute approximate surface area is 102 Å². The van der Waals surface area contributed by atoms with Crippen LogP contribution in [0.25, 0.3) is 0 Å². The lowest BCUT2D eigenvalue weighted by molar-refractivity contribution is 0.100. The fraction of sp³-hybridized carbons (Fsp3) is 0.818. The number of rotatable bonds is 3. The molecule has 1 unspecified atom stereocenters. The average molecular weight is 240 g/mol. The van der Waals surface area contributed by atoms with Crippen molar-refractivity contribution in [1.82, 2.24) is 19.2 Å². The monoisotopic (exact) mass is 240 g/mol. The van der Waals surface area contributed by atoms with E-state index in [1.807, 2.05) is 16.3 Å². The molecule has 4 nitrogen and oxygen atoms in total. The summed E-state index contributed by atoms with van der Waals surface area (Å²) in [5.41, 5.74) is 0. The SMILES string of the molecule is CCC1CCCCN1Cn1ncn(C)c1=S. The third-order valence-corrected chi connectivity index (χ3v) is 3.92. The van der Waals surface area contributed by atoms with E-state index in [2.05, 4.69) is 16.9 Å². The molecule has 1 aliphatic heterocycles. The summed E-state index contributed by atoms with van der Waals surface area (Å²) in [5.74, 6) is 0. The summed E-state index contributed by atoms with van der Waals surface area (Å²) >= 11 is 5.31. The molecule has 1 aromatic rings. The van der Waals surface area contributed by atoms with E-state index < -0.39 is 0 Å². The van der Waals surface area contributed by atoms with Crippen molar-refractivity contribution in [2.75, 3.05) is 6.54 Å². The summed E-state index contributed by atoms with van der Waals surface area (Å²) in [6, 6.07) is 0.706. The van der Waals surface area contributed by atoms with Gasteiger partial charge in [-0.3, -0.25) is 4.90 Å². The summed E-state index contributed by atoms with van der Waals surface area (Å²) in [5, 5.41) is 4.31.